The molecular weight excluding hydrogens is 1290 g/mol. The number of aliphatic hydroxyl groups excluding tert-OH is 1. The van der Waals surface area contributed by atoms with Gasteiger partial charge in [0.1, 0.15) is 19.3 Å². The molecule has 0 rings (SSSR count). The molecule has 0 spiro atoms. The quantitative estimate of drug-likeness (QED) is 0.0222. The molecule has 6 atom stereocenters. The highest BCUT2D eigenvalue weighted by atomic mass is 31.2. The third-order valence-electron chi connectivity index (χ3n) is 19.0. The lowest BCUT2D eigenvalue weighted by atomic mass is 9.99. The SMILES string of the molecule is CCCCCCCCCCCCCCC(=O)OC[C@H](COP(=O)(O)OC[C@H](O)COP(=O)(O)OC[C@@H](COC(=O)CCCCCCCCCCCCC(C)C)OC(=O)CCCCCCCCCCCCCCCCCCCCC(C)CC)OC(=O)CCCCCCCCCCCC(C)C. The third-order valence-corrected chi connectivity index (χ3v) is 20.9. The summed E-state index contributed by atoms with van der Waals surface area (Å²) in [6.07, 6.45) is 58.2. The highest BCUT2D eigenvalue weighted by Gasteiger charge is 2.30. The zero-order chi connectivity index (χ0) is 73.0. The summed E-state index contributed by atoms with van der Waals surface area (Å²) >= 11 is 0. The number of ether oxygens (including phenoxy) is 4. The van der Waals surface area contributed by atoms with E-state index in [9.17, 15) is 43.2 Å². The number of hydrogen-bond acceptors (Lipinski definition) is 15. The van der Waals surface area contributed by atoms with Crippen molar-refractivity contribution in [1.82, 2.24) is 0 Å². The molecular formula is C80H156O17P2. The van der Waals surface area contributed by atoms with Gasteiger partial charge < -0.3 is 33.8 Å². The summed E-state index contributed by atoms with van der Waals surface area (Å²) in [6.45, 7) is 12.0. The summed E-state index contributed by atoms with van der Waals surface area (Å²) in [5.41, 5.74) is 0. The number of phosphoric acid groups is 2. The molecule has 0 aromatic carbocycles. The van der Waals surface area contributed by atoms with Crippen molar-refractivity contribution in [2.75, 3.05) is 39.6 Å². The van der Waals surface area contributed by atoms with Gasteiger partial charge in [-0.05, 0) is 43.4 Å². The molecule has 17 nitrogen and oxygen atoms in total. The van der Waals surface area contributed by atoms with Crippen molar-refractivity contribution < 1.29 is 80.2 Å². The van der Waals surface area contributed by atoms with Crippen LogP contribution in [-0.2, 0) is 65.4 Å². The van der Waals surface area contributed by atoms with Crippen LogP contribution in [0.2, 0.25) is 0 Å². The average Bonchev–Trinajstić information content (AvgIpc) is 0.964. The number of carbonyl (C=O) groups excluding carboxylic acids is 4. The Morgan fingerprint density at radius 3 is 0.768 bits per heavy atom. The van der Waals surface area contributed by atoms with Crippen LogP contribution in [0.1, 0.15) is 414 Å². The van der Waals surface area contributed by atoms with Crippen LogP contribution in [0.3, 0.4) is 0 Å². The first kappa shape index (κ1) is 97.1. The molecule has 0 fully saturated rings. The number of phosphoric ester groups is 2. The Kier molecular flexibility index (Phi) is 69.0. The molecule has 0 aromatic rings. The van der Waals surface area contributed by atoms with Gasteiger partial charge in [-0.1, -0.05) is 363 Å². The lowest BCUT2D eigenvalue weighted by Crippen LogP contribution is -2.30. The van der Waals surface area contributed by atoms with Crippen molar-refractivity contribution >= 4 is 39.5 Å². The maximum atomic E-state index is 13.1. The Balaban J connectivity index is 5.21. The fourth-order valence-electron chi connectivity index (χ4n) is 12.3. The summed E-state index contributed by atoms with van der Waals surface area (Å²) in [6, 6.07) is 0. The second kappa shape index (κ2) is 70.4. The van der Waals surface area contributed by atoms with E-state index < -0.39 is 97.5 Å². The van der Waals surface area contributed by atoms with Crippen molar-refractivity contribution in [3.63, 3.8) is 0 Å². The first-order valence-electron chi connectivity index (χ1n) is 41.4. The second-order valence-corrected chi connectivity index (χ2v) is 32.9. The van der Waals surface area contributed by atoms with Gasteiger partial charge in [0, 0.05) is 25.7 Å². The van der Waals surface area contributed by atoms with E-state index in [0.29, 0.717) is 25.7 Å². The van der Waals surface area contributed by atoms with Crippen LogP contribution in [0.5, 0.6) is 0 Å². The van der Waals surface area contributed by atoms with E-state index in [4.69, 9.17) is 37.0 Å². The van der Waals surface area contributed by atoms with E-state index in [1.165, 1.54) is 225 Å². The van der Waals surface area contributed by atoms with Gasteiger partial charge in [-0.15, -0.1) is 0 Å². The van der Waals surface area contributed by atoms with Crippen LogP contribution in [0.4, 0.5) is 0 Å². The molecule has 0 saturated heterocycles. The standard InChI is InChI=1S/C80H156O17P2/c1-8-10-11-12-13-14-15-25-33-40-47-54-61-77(82)90-68-76(97-80(85)64-57-50-43-36-29-31-38-45-52-59-72(5)6)70-95-99(88,89)93-66-74(81)65-92-98(86,87)94-69-75(67-91-78(83)62-55-48-41-34-28-27-30-37-44-51-58-71(3)4)96-79(84)63-56-49-42-35-26-23-21-19-17-16-18-20-22-24-32-39-46-53-60-73(7)9-2/h71-76,81H,8-70H2,1-7H3,(H,86,87)(H,88,89)/t73?,74-,75-,76-/m1/s1. The average molecular weight is 1450 g/mol. The third kappa shape index (κ3) is 72.8. The van der Waals surface area contributed by atoms with Crippen molar-refractivity contribution in [2.45, 2.75) is 433 Å². The smallest absolute Gasteiger partial charge is 0.462 e. The van der Waals surface area contributed by atoms with Crippen LogP contribution in [-0.4, -0.2) is 96.7 Å². The highest BCUT2D eigenvalue weighted by molar-refractivity contribution is 7.47. The minimum absolute atomic E-state index is 0.106. The minimum Gasteiger partial charge on any atom is -0.462 e. The normalized spacial score (nSPS) is 14.3. The summed E-state index contributed by atoms with van der Waals surface area (Å²) in [7, 11) is -9.92. The summed E-state index contributed by atoms with van der Waals surface area (Å²) < 4.78 is 68.7. The summed E-state index contributed by atoms with van der Waals surface area (Å²) in [5.74, 6) is 0.253. The molecule has 0 aliphatic heterocycles. The van der Waals surface area contributed by atoms with Gasteiger partial charge in [-0.25, -0.2) is 9.13 Å². The van der Waals surface area contributed by atoms with E-state index in [1.54, 1.807) is 0 Å². The van der Waals surface area contributed by atoms with Gasteiger partial charge >= 0.3 is 39.5 Å². The molecule has 0 aromatic heterocycles. The van der Waals surface area contributed by atoms with Crippen molar-refractivity contribution in [3.8, 4) is 0 Å². The Morgan fingerprint density at radius 2 is 0.515 bits per heavy atom. The molecule has 0 amide bonds. The molecule has 3 unspecified atom stereocenters. The fourth-order valence-corrected chi connectivity index (χ4v) is 13.9. The highest BCUT2D eigenvalue weighted by Crippen LogP contribution is 2.45. The van der Waals surface area contributed by atoms with Crippen LogP contribution in [0.25, 0.3) is 0 Å². The molecule has 0 aliphatic carbocycles. The maximum Gasteiger partial charge on any atom is 0.472 e. The lowest BCUT2D eigenvalue weighted by molar-refractivity contribution is -0.161. The molecule has 99 heavy (non-hydrogen) atoms. The summed E-state index contributed by atoms with van der Waals surface area (Å²) in [5, 5.41) is 10.6. The first-order chi connectivity index (χ1) is 47.8. The molecule has 0 radical (unpaired) electrons. The Labute approximate surface area is 607 Å². The molecule has 588 valence electrons. The van der Waals surface area contributed by atoms with Gasteiger partial charge in [-0.3, -0.25) is 37.3 Å². The Morgan fingerprint density at radius 1 is 0.293 bits per heavy atom. The predicted octanol–water partition coefficient (Wildman–Crippen LogP) is 23.7. The van der Waals surface area contributed by atoms with E-state index in [-0.39, 0.29) is 25.7 Å². The Hall–Kier alpha value is -1.94. The zero-order valence-corrected chi connectivity index (χ0v) is 66.8. The van der Waals surface area contributed by atoms with Crippen LogP contribution < -0.4 is 0 Å². The lowest BCUT2D eigenvalue weighted by Gasteiger charge is -2.21. The molecule has 19 heteroatoms. The molecule has 0 aliphatic rings. The van der Waals surface area contributed by atoms with Crippen LogP contribution in [0, 0.1) is 17.8 Å². The molecule has 0 heterocycles. The van der Waals surface area contributed by atoms with Crippen molar-refractivity contribution in [1.29, 1.82) is 0 Å². The number of rotatable bonds is 78. The second-order valence-electron chi connectivity index (χ2n) is 30.0. The molecule has 0 saturated carbocycles. The van der Waals surface area contributed by atoms with Crippen molar-refractivity contribution in [3.05, 3.63) is 0 Å². The van der Waals surface area contributed by atoms with E-state index >= 15 is 0 Å². The Bertz CT molecular complexity index is 1920. The first-order valence-corrected chi connectivity index (χ1v) is 44.4. The topological polar surface area (TPSA) is 237 Å². The predicted molar refractivity (Wildman–Crippen MR) is 405 cm³/mol. The number of carbonyl (C=O) groups is 4. The minimum atomic E-state index is -4.96. The van der Waals surface area contributed by atoms with Crippen molar-refractivity contribution in [2.24, 2.45) is 17.8 Å². The number of hydrogen-bond donors (Lipinski definition) is 3. The van der Waals surface area contributed by atoms with E-state index in [2.05, 4.69) is 48.5 Å². The number of esters is 4. The number of aliphatic hydroxyl groups is 1. The van der Waals surface area contributed by atoms with Gasteiger partial charge in [-0.2, -0.15) is 0 Å². The van der Waals surface area contributed by atoms with E-state index in [1.807, 2.05) is 0 Å². The van der Waals surface area contributed by atoms with Gasteiger partial charge in [0.05, 0.1) is 26.4 Å². The zero-order valence-electron chi connectivity index (χ0n) is 65.0. The fraction of sp³-hybridized carbons (Fsp3) is 0.950. The van der Waals surface area contributed by atoms with Gasteiger partial charge in [0.25, 0.3) is 0 Å². The van der Waals surface area contributed by atoms with Gasteiger partial charge in [0.2, 0.25) is 0 Å². The summed E-state index contributed by atoms with van der Waals surface area (Å²) in [4.78, 5) is 72.9. The van der Waals surface area contributed by atoms with Crippen LogP contribution in [0.15, 0.2) is 0 Å². The molecule has 3 N–H and O–H groups in total. The molecule has 0 bridgehead atoms. The maximum absolute atomic E-state index is 13.1. The largest absolute Gasteiger partial charge is 0.472 e. The monoisotopic (exact) mass is 1450 g/mol. The van der Waals surface area contributed by atoms with Crippen LogP contribution >= 0.6 is 15.6 Å². The van der Waals surface area contributed by atoms with Gasteiger partial charge in [0.15, 0.2) is 12.2 Å². The number of unbranched alkanes of at least 4 members (excludes halogenated alkanes) is 45. The van der Waals surface area contributed by atoms with E-state index in [0.717, 1.165) is 108 Å².